The molecule has 1 aliphatic rings. The van der Waals surface area contributed by atoms with Gasteiger partial charge in [-0.05, 0) is 38.2 Å². The van der Waals surface area contributed by atoms with Crippen molar-refractivity contribution in [2.75, 3.05) is 11.9 Å². The number of alkyl carbamates (subject to hydrolysis) is 1. The fourth-order valence-corrected chi connectivity index (χ4v) is 3.71. The summed E-state index contributed by atoms with van der Waals surface area (Å²) in [5.74, 6) is -0.754. The van der Waals surface area contributed by atoms with Crippen molar-refractivity contribution in [3.05, 3.63) is 16.0 Å². The summed E-state index contributed by atoms with van der Waals surface area (Å²) in [6.07, 6.45) is 3.00. The van der Waals surface area contributed by atoms with Gasteiger partial charge in [0.05, 0.1) is 12.2 Å². The Morgan fingerprint density at radius 1 is 1.24 bits per heavy atom. The Hall–Kier alpha value is -1.89. The van der Waals surface area contributed by atoms with Crippen LogP contribution in [0.5, 0.6) is 0 Å². The van der Waals surface area contributed by atoms with Gasteiger partial charge in [-0.2, -0.15) is 0 Å². The molecule has 1 aliphatic carbocycles. The maximum Gasteiger partial charge on any atom is 0.414 e. The molecule has 2 rings (SSSR count). The standard InChI is InChI=1S/C14H18N2O4S/c1-3-20-14(19)16-12(18)11-9-6-4-5-7-10(9)21-13(11)15-8(2)17/h3-7H2,1-2H3,(H,15,17)(H,16,18,19). The van der Waals surface area contributed by atoms with E-state index in [1.165, 1.54) is 18.3 Å². The lowest BCUT2D eigenvalue weighted by Gasteiger charge is -2.12. The third-order valence-corrected chi connectivity index (χ3v) is 4.39. The lowest BCUT2D eigenvalue weighted by atomic mass is 9.95. The zero-order chi connectivity index (χ0) is 15.4. The van der Waals surface area contributed by atoms with E-state index in [0.717, 1.165) is 36.1 Å². The molecule has 0 aliphatic heterocycles. The van der Waals surface area contributed by atoms with Gasteiger partial charge in [0.15, 0.2) is 0 Å². The average Bonchev–Trinajstić information content (AvgIpc) is 2.75. The molecule has 114 valence electrons. The summed E-state index contributed by atoms with van der Waals surface area (Å²) >= 11 is 1.41. The normalized spacial score (nSPS) is 13.2. The smallest absolute Gasteiger partial charge is 0.414 e. The molecule has 0 radical (unpaired) electrons. The first-order chi connectivity index (χ1) is 10.0. The molecule has 21 heavy (non-hydrogen) atoms. The van der Waals surface area contributed by atoms with E-state index in [2.05, 4.69) is 10.6 Å². The SMILES string of the molecule is CCOC(=O)NC(=O)c1c(NC(C)=O)sc2c1CCCC2. The molecule has 1 heterocycles. The highest BCUT2D eigenvalue weighted by molar-refractivity contribution is 7.17. The van der Waals surface area contributed by atoms with Crippen molar-refractivity contribution in [3.8, 4) is 0 Å². The maximum absolute atomic E-state index is 12.3. The van der Waals surface area contributed by atoms with Gasteiger partial charge < -0.3 is 10.1 Å². The van der Waals surface area contributed by atoms with Crippen molar-refractivity contribution >= 4 is 34.2 Å². The van der Waals surface area contributed by atoms with Gasteiger partial charge in [0.1, 0.15) is 5.00 Å². The van der Waals surface area contributed by atoms with Crippen LogP contribution in [0.2, 0.25) is 0 Å². The van der Waals surface area contributed by atoms with Crippen molar-refractivity contribution in [2.45, 2.75) is 39.5 Å². The van der Waals surface area contributed by atoms with Gasteiger partial charge in [-0.1, -0.05) is 0 Å². The molecule has 0 atom stereocenters. The molecule has 0 saturated heterocycles. The van der Waals surface area contributed by atoms with Crippen LogP contribution in [-0.2, 0) is 22.4 Å². The molecule has 0 unspecified atom stereocenters. The lowest BCUT2D eigenvalue weighted by Crippen LogP contribution is -2.32. The number of carbonyl (C=O) groups is 3. The van der Waals surface area contributed by atoms with Gasteiger partial charge in [-0.15, -0.1) is 11.3 Å². The minimum Gasteiger partial charge on any atom is -0.450 e. The number of anilines is 1. The molecule has 0 fully saturated rings. The first-order valence-electron chi connectivity index (χ1n) is 6.93. The molecular formula is C14H18N2O4S. The summed E-state index contributed by atoms with van der Waals surface area (Å²) in [5, 5.41) is 5.40. The number of ether oxygens (including phenoxy) is 1. The van der Waals surface area contributed by atoms with Gasteiger partial charge in [-0.25, -0.2) is 4.79 Å². The van der Waals surface area contributed by atoms with Crippen molar-refractivity contribution < 1.29 is 19.1 Å². The number of imide groups is 1. The zero-order valence-corrected chi connectivity index (χ0v) is 12.9. The van der Waals surface area contributed by atoms with E-state index >= 15 is 0 Å². The van der Waals surface area contributed by atoms with Crippen molar-refractivity contribution in [3.63, 3.8) is 0 Å². The monoisotopic (exact) mass is 310 g/mol. The highest BCUT2D eigenvalue weighted by Gasteiger charge is 2.27. The second kappa shape index (κ2) is 6.71. The first kappa shape index (κ1) is 15.5. The molecule has 0 saturated carbocycles. The summed E-state index contributed by atoms with van der Waals surface area (Å²) in [6, 6.07) is 0. The van der Waals surface area contributed by atoms with Crippen molar-refractivity contribution in [2.24, 2.45) is 0 Å². The number of hydrogen-bond donors (Lipinski definition) is 2. The third-order valence-electron chi connectivity index (χ3n) is 3.18. The quantitative estimate of drug-likeness (QED) is 0.898. The lowest BCUT2D eigenvalue weighted by molar-refractivity contribution is -0.114. The Bertz CT molecular complexity index is 580. The Morgan fingerprint density at radius 3 is 2.62 bits per heavy atom. The summed E-state index contributed by atoms with van der Waals surface area (Å²) < 4.78 is 4.72. The summed E-state index contributed by atoms with van der Waals surface area (Å²) in [6.45, 7) is 3.25. The number of fused-ring (bicyclic) bond motifs is 1. The summed E-state index contributed by atoms with van der Waals surface area (Å²) in [4.78, 5) is 36.1. The van der Waals surface area contributed by atoms with Crippen LogP contribution in [0, 0.1) is 0 Å². The minimum absolute atomic E-state index is 0.194. The predicted molar refractivity (Wildman–Crippen MR) is 79.8 cm³/mol. The Morgan fingerprint density at radius 2 is 1.95 bits per heavy atom. The molecule has 0 aromatic carbocycles. The second-order valence-electron chi connectivity index (χ2n) is 4.77. The molecule has 1 aromatic rings. The van der Waals surface area contributed by atoms with Gasteiger partial charge >= 0.3 is 6.09 Å². The third kappa shape index (κ3) is 3.60. The van der Waals surface area contributed by atoms with E-state index in [-0.39, 0.29) is 12.5 Å². The van der Waals surface area contributed by atoms with E-state index in [0.29, 0.717) is 10.6 Å². The fourth-order valence-electron chi connectivity index (χ4n) is 2.38. The van der Waals surface area contributed by atoms with E-state index in [1.54, 1.807) is 6.92 Å². The molecule has 3 amide bonds. The number of thiophene rings is 1. The van der Waals surface area contributed by atoms with E-state index < -0.39 is 12.0 Å². The number of carbonyl (C=O) groups excluding carboxylic acids is 3. The van der Waals surface area contributed by atoms with Crippen LogP contribution in [0.15, 0.2) is 0 Å². The fraction of sp³-hybridized carbons (Fsp3) is 0.500. The number of amides is 3. The molecule has 2 N–H and O–H groups in total. The van der Waals surface area contributed by atoms with E-state index in [9.17, 15) is 14.4 Å². The van der Waals surface area contributed by atoms with Crippen LogP contribution in [0.1, 0.15) is 47.5 Å². The van der Waals surface area contributed by atoms with Gasteiger partial charge in [0, 0.05) is 11.8 Å². The van der Waals surface area contributed by atoms with Crippen LogP contribution in [0.3, 0.4) is 0 Å². The molecule has 6 nitrogen and oxygen atoms in total. The first-order valence-corrected chi connectivity index (χ1v) is 7.74. The molecule has 0 spiro atoms. The average molecular weight is 310 g/mol. The van der Waals surface area contributed by atoms with Crippen LogP contribution in [-0.4, -0.2) is 24.5 Å². The number of aryl methyl sites for hydroxylation is 1. The van der Waals surface area contributed by atoms with E-state index in [1.807, 2.05) is 0 Å². The zero-order valence-electron chi connectivity index (χ0n) is 12.1. The van der Waals surface area contributed by atoms with Crippen molar-refractivity contribution in [1.82, 2.24) is 5.32 Å². The number of hydrogen-bond acceptors (Lipinski definition) is 5. The van der Waals surface area contributed by atoms with Crippen LogP contribution >= 0.6 is 11.3 Å². The summed E-state index contributed by atoms with van der Waals surface area (Å²) in [5.41, 5.74) is 1.34. The Labute approximate surface area is 126 Å². The minimum atomic E-state index is -0.771. The maximum atomic E-state index is 12.3. The highest BCUT2D eigenvalue weighted by atomic mass is 32.1. The van der Waals surface area contributed by atoms with Crippen LogP contribution in [0.25, 0.3) is 0 Å². The molecule has 0 bridgehead atoms. The van der Waals surface area contributed by atoms with Crippen LogP contribution < -0.4 is 10.6 Å². The van der Waals surface area contributed by atoms with Gasteiger partial charge in [-0.3, -0.25) is 14.9 Å². The number of rotatable bonds is 3. The van der Waals surface area contributed by atoms with Gasteiger partial charge in [0.2, 0.25) is 5.91 Å². The topological polar surface area (TPSA) is 84.5 Å². The van der Waals surface area contributed by atoms with Gasteiger partial charge in [0.25, 0.3) is 5.91 Å². The summed E-state index contributed by atoms with van der Waals surface area (Å²) in [7, 11) is 0. The highest BCUT2D eigenvalue weighted by Crippen LogP contribution is 2.38. The number of nitrogens with one attached hydrogen (secondary N) is 2. The predicted octanol–water partition coefficient (Wildman–Crippen LogP) is 2.47. The molecule has 7 heteroatoms. The molecular weight excluding hydrogens is 292 g/mol. The van der Waals surface area contributed by atoms with Crippen molar-refractivity contribution in [1.29, 1.82) is 0 Å². The Kier molecular flexibility index (Phi) is 4.95. The molecule has 1 aromatic heterocycles. The van der Waals surface area contributed by atoms with E-state index in [4.69, 9.17) is 4.74 Å². The second-order valence-corrected chi connectivity index (χ2v) is 5.88. The van der Waals surface area contributed by atoms with Crippen LogP contribution in [0.4, 0.5) is 9.80 Å². The largest absolute Gasteiger partial charge is 0.450 e. The Balaban J connectivity index is 2.30.